The van der Waals surface area contributed by atoms with Crippen molar-refractivity contribution < 1.29 is 18.0 Å². The van der Waals surface area contributed by atoms with Gasteiger partial charge < -0.3 is 0 Å². The lowest BCUT2D eigenvalue weighted by atomic mass is 10.1. The van der Waals surface area contributed by atoms with Crippen LogP contribution < -0.4 is 5.43 Å². The number of amides is 1. The van der Waals surface area contributed by atoms with E-state index in [1.165, 1.54) is 31.6 Å². The Morgan fingerprint density at radius 2 is 1.76 bits per heavy atom. The molecule has 1 amide bonds. The number of hydrogen-bond donors (Lipinski definition) is 1. The van der Waals surface area contributed by atoms with Crippen molar-refractivity contribution in [3.05, 3.63) is 53.9 Å². The van der Waals surface area contributed by atoms with Crippen LogP contribution in [0.25, 0.3) is 0 Å². The molecule has 0 unspecified atom stereocenters. The summed E-state index contributed by atoms with van der Waals surface area (Å²) in [5.41, 5.74) is 1.08. The zero-order chi connectivity index (χ0) is 15.5. The molecule has 5 nitrogen and oxygen atoms in total. The molecule has 0 atom stereocenters. The van der Waals surface area contributed by atoms with E-state index in [9.17, 15) is 18.0 Å². The molecular formula is C13H11F3N4O. The number of halogens is 3. The van der Waals surface area contributed by atoms with Gasteiger partial charge in [0.25, 0.3) is 5.91 Å². The summed E-state index contributed by atoms with van der Waals surface area (Å²) in [6.45, 7) is 0. The zero-order valence-electron chi connectivity index (χ0n) is 10.9. The van der Waals surface area contributed by atoms with E-state index < -0.39 is 23.2 Å². The van der Waals surface area contributed by atoms with Gasteiger partial charge in [-0.15, -0.1) is 0 Å². The third-order valence-electron chi connectivity index (χ3n) is 2.60. The fourth-order valence-electron chi connectivity index (χ4n) is 1.66. The Morgan fingerprint density at radius 3 is 2.38 bits per heavy atom. The summed E-state index contributed by atoms with van der Waals surface area (Å²) in [6.07, 6.45) is -1.72. The molecule has 0 aliphatic carbocycles. The van der Waals surface area contributed by atoms with Crippen LogP contribution in [0.4, 0.5) is 19.1 Å². The number of aromatic nitrogens is 2. The molecular weight excluding hydrogens is 285 g/mol. The number of hydrazine groups is 1. The van der Waals surface area contributed by atoms with Crippen molar-refractivity contribution in [1.82, 2.24) is 15.0 Å². The van der Waals surface area contributed by atoms with E-state index in [1.807, 2.05) is 0 Å². The molecule has 0 saturated heterocycles. The third-order valence-corrected chi connectivity index (χ3v) is 2.60. The van der Waals surface area contributed by atoms with Crippen LogP contribution in [0.3, 0.4) is 0 Å². The molecule has 0 radical (unpaired) electrons. The number of nitrogens with one attached hydrogen (secondary N) is 1. The predicted molar refractivity (Wildman–Crippen MR) is 69.2 cm³/mol. The second-order valence-corrected chi connectivity index (χ2v) is 4.09. The molecule has 1 aromatic heterocycles. The molecule has 0 bridgehead atoms. The topological polar surface area (TPSA) is 58.1 Å². The smallest absolute Gasteiger partial charge is 0.267 e. The van der Waals surface area contributed by atoms with E-state index in [0.29, 0.717) is 0 Å². The Morgan fingerprint density at radius 1 is 1.14 bits per heavy atom. The molecule has 1 aromatic carbocycles. The van der Waals surface area contributed by atoms with Gasteiger partial charge in [-0.3, -0.25) is 15.2 Å². The van der Waals surface area contributed by atoms with Crippen molar-refractivity contribution >= 4 is 11.9 Å². The zero-order valence-corrected chi connectivity index (χ0v) is 10.9. The van der Waals surface area contributed by atoms with Gasteiger partial charge in [-0.1, -0.05) is 12.1 Å². The van der Waals surface area contributed by atoms with E-state index in [-0.39, 0.29) is 5.95 Å². The highest BCUT2D eigenvalue weighted by atomic mass is 19.4. The first kappa shape index (κ1) is 14.8. The predicted octanol–water partition coefficient (Wildman–Crippen LogP) is 2.59. The van der Waals surface area contributed by atoms with Gasteiger partial charge in [0.05, 0.1) is 11.1 Å². The molecule has 21 heavy (non-hydrogen) atoms. The molecule has 2 aromatic rings. The monoisotopic (exact) mass is 296 g/mol. The van der Waals surface area contributed by atoms with Crippen LogP contribution in [0, 0.1) is 0 Å². The van der Waals surface area contributed by atoms with Crippen molar-refractivity contribution in [1.29, 1.82) is 0 Å². The Kier molecular flexibility index (Phi) is 4.06. The number of carbonyl (C=O) groups is 1. The van der Waals surface area contributed by atoms with Crippen molar-refractivity contribution in [2.75, 3.05) is 12.5 Å². The average Bonchev–Trinajstić information content (AvgIpc) is 2.46. The molecule has 0 fully saturated rings. The summed E-state index contributed by atoms with van der Waals surface area (Å²) in [5, 5.41) is 0.903. The Hall–Kier alpha value is -2.64. The normalized spacial score (nSPS) is 11.0. The maximum absolute atomic E-state index is 12.9. The van der Waals surface area contributed by atoms with E-state index in [0.717, 1.165) is 17.1 Å². The number of benzene rings is 1. The Balaban J connectivity index is 2.24. The van der Waals surface area contributed by atoms with E-state index in [1.54, 1.807) is 6.07 Å². The fraction of sp³-hybridized carbons (Fsp3) is 0.154. The number of anilines is 1. The van der Waals surface area contributed by atoms with Gasteiger partial charge in [-0.05, 0) is 18.2 Å². The minimum absolute atomic E-state index is 0.109. The van der Waals surface area contributed by atoms with E-state index >= 15 is 0 Å². The lowest BCUT2D eigenvalue weighted by Crippen LogP contribution is -2.34. The van der Waals surface area contributed by atoms with Crippen LogP contribution in [0.15, 0.2) is 42.7 Å². The second kappa shape index (κ2) is 5.78. The lowest BCUT2D eigenvalue weighted by molar-refractivity contribution is -0.138. The molecule has 0 spiro atoms. The Labute approximate surface area is 118 Å². The molecule has 1 N–H and O–H groups in total. The summed E-state index contributed by atoms with van der Waals surface area (Å²) in [5.74, 6) is -0.729. The molecule has 2 rings (SSSR count). The average molecular weight is 296 g/mol. The van der Waals surface area contributed by atoms with E-state index in [4.69, 9.17) is 0 Å². The minimum atomic E-state index is -4.60. The minimum Gasteiger partial charge on any atom is -0.267 e. The van der Waals surface area contributed by atoms with Crippen LogP contribution in [0.1, 0.15) is 15.9 Å². The molecule has 0 aliphatic rings. The van der Waals surface area contributed by atoms with E-state index in [2.05, 4.69) is 15.4 Å². The molecule has 0 saturated carbocycles. The molecule has 8 heteroatoms. The molecule has 1 heterocycles. The first-order valence-corrected chi connectivity index (χ1v) is 5.87. The molecule has 0 aliphatic heterocycles. The quantitative estimate of drug-likeness (QED) is 0.885. The van der Waals surface area contributed by atoms with Gasteiger partial charge in [-0.2, -0.15) is 13.2 Å². The highest BCUT2D eigenvalue weighted by Crippen LogP contribution is 2.32. The van der Waals surface area contributed by atoms with Crippen molar-refractivity contribution in [2.45, 2.75) is 6.18 Å². The van der Waals surface area contributed by atoms with Crippen LogP contribution >= 0.6 is 0 Å². The van der Waals surface area contributed by atoms with Crippen LogP contribution in [-0.2, 0) is 6.18 Å². The summed E-state index contributed by atoms with van der Waals surface area (Å²) >= 11 is 0. The summed E-state index contributed by atoms with van der Waals surface area (Å²) in [7, 11) is 1.30. The van der Waals surface area contributed by atoms with Gasteiger partial charge in [-0.25, -0.2) is 9.97 Å². The SMILES string of the molecule is CN(Nc1ncccn1)C(=O)c1ccccc1C(F)(F)F. The van der Waals surface area contributed by atoms with Gasteiger partial charge in [0.2, 0.25) is 5.95 Å². The highest BCUT2D eigenvalue weighted by Gasteiger charge is 2.35. The summed E-state index contributed by atoms with van der Waals surface area (Å²) in [4.78, 5) is 19.8. The number of hydrogen-bond acceptors (Lipinski definition) is 4. The van der Waals surface area contributed by atoms with Crippen LogP contribution in [0.2, 0.25) is 0 Å². The number of carbonyl (C=O) groups excluding carboxylic acids is 1. The number of rotatable bonds is 3. The first-order chi connectivity index (χ1) is 9.89. The fourth-order valence-corrected chi connectivity index (χ4v) is 1.66. The highest BCUT2D eigenvalue weighted by molar-refractivity contribution is 5.96. The first-order valence-electron chi connectivity index (χ1n) is 5.87. The second-order valence-electron chi connectivity index (χ2n) is 4.09. The lowest BCUT2D eigenvalue weighted by Gasteiger charge is -2.20. The van der Waals surface area contributed by atoms with Gasteiger partial charge in [0.1, 0.15) is 0 Å². The van der Waals surface area contributed by atoms with Crippen molar-refractivity contribution in [3.8, 4) is 0 Å². The maximum Gasteiger partial charge on any atom is 0.417 e. The summed E-state index contributed by atoms with van der Waals surface area (Å²) in [6, 6.07) is 6.16. The number of nitrogens with zero attached hydrogens (tertiary/aromatic N) is 3. The Bertz CT molecular complexity index is 631. The van der Waals surface area contributed by atoms with Crippen LogP contribution in [0.5, 0.6) is 0 Å². The maximum atomic E-state index is 12.9. The van der Waals surface area contributed by atoms with Gasteiger partial charge in [0.15, 0.2) is 0 Å². The van der Waals surface area contributed by atoms with Gasteiger partial charge in [0, 0.05) is 19.4 Å². The number of alkyl halides is 3. The standard InChI is InChI=1S/C13H11F3N4O/c1-20(19-12-17-7-4-8-18-12)11(21)9-5-2-3-6-10(9)13(14,15)16/h2-8H,1H3,(H,17,18,19). The molecule has 110 valence electrons. The van der Waals surface area contributed by atoms with Crippen LogP contribution in [-0.4, -0.2) is 27.9 Å². The van der Waals surface area contributed by atoms with Crippen molar-refractivity contribution in [3.63, 3.8) is 0 Å². The van der Waals surface area contributed by atoms with Crippen molar-refractivity contribution in [2.24, 2.45) is 0 Å². The summed E-state index contributed by atoms with van der Waals surface area (Å²) < 4.78 is 38.6. The van der Waals surface area contributed by atoms with Gasteiger partial charge >= 0.3 is 6.18 Å². The largest absolute Gasteiger partial charge is 0.417 e. The third kappa shape index (κ3) is 3.47.